The summed E-state index contributed by atoms with van der Waals surface area (Å²) < 4.78 is 6.12. The summed E-state index contributed by atoms with van der Waals surface area (Å²) in [5, 5.41) is 14.1. The molecule has 0 bridgehead atoms. The molecule has 0 fully saturated rings. The first-order valence-corrected chi connectivity index (χ1v) is 16.1. The van der Waals surface area contributed by atoms with Crippen LogP contribution in [-0.4, -0.2) is 41.6 Å². The van der Waals surface area contributed by atoms with Gasteiger partial charge in [-0.05, 0) is 36.4 Å². The second-order valence-electron chi connectivity index (χ2n) is 9.74. The summed E-state index contributed by atoms with van der Waals surface area (Å²) in [7, 11) is -1.18. The molecule has 1 aromatic carbocycles. The molecule has 0 spiro atoms. The Balaban J connectivity index is 1.67. The van der Waals surface area contributed by atoms with Crippen LogP contribution in [0.5, 0.6) is 0 Å². The molecular weight excluding hydrogens is 460 g/mol. The van der Waals surface area contributed by atoms with E-state index in [1.54, 1.807) is 17.5 Å². The summed E-state index contributed by atoms with van der Waals surface area (Å²) >= 11 is 1.58. The number of aromatic nitrogens is 4. The second-order valence-corrected chi connectivity index (χ2v) is 16.3. The van der Waals surface area contributed by atoms with Crippen LogP contribution in [0.15, 0.2) is 54.7 Å². The number of hydrogen-bond donors (Lipinski definition) is 1. The predicted octanol–water partition coefficient (Wildman–Crippen LogP) is 6.80. The highest BCUT2D eigenvalue weighted by atomic mass is 32.1. The zero-order valence-electron chi connectivity index (χ0n) is 20.4. The maximum atomic E-state index is 6.12. The zero-order valence-corrected chi connectivity index (χ0v) is 22.3. The molecule has 1 N–H and O–H groups in total. The SMILES string of the molecule is CC(C)c1nnc(N(COCC[Si](C)(C)C)c2ccc3nccc(Nc4ccccc4)c3n2)s1. The van der Waals surface area contributed by atoms with Crippen molar-refractivity contribution in [3.8, 4) is 0 Å². The Morgan fingerprint density at radius 3 is 2.53 bits per heavy atom. The lowest BCUT2D eigenvalue weighted by molar-refractivity contribution is 0.153. The van der Waals surface area contributed by atoms with Gasteiger partial charge in [-0.1, -0.05) is 63.0 Å². The van der Waals surface area contributed by atoms with Gasteiger partial charge in [0, 0.05) is 32.5 Å². The van der Waals surface area contributed by atoms with Gasteiger partial charge in [-0.25, -0.2) is 4.98 Å². The van der Waals surface area contributed by atoms with Crippen LogP contribution in [0, 0.1) is 0 Å². The third-order valence-corrected chi connectivity index (χ3v) is 8.22. The highest BCUT2D eigenvalue weighted by molar-refractivity contribution is 7.15. The first-order chi connectivity index (χ1) is 16.3. The fraction of sp³-hybridized carbons (Fsp3) is 0.360. The van der Waals surface area contributed by atoms with Crippen LogP contribution in [0.4, 0.5) is 22.3 Å². The van der Waals surface area contributed by atoms with Crippen molar-refractivity contribution < 1.29 is 4.74 Å². The Labute approximate surface area is 206 Å². The number of benzene rings is 1. The lowest BCUT2D eigenvalue weighted by Gasteiger charge is -2.22. The number of fused-ring (bicyclic) bond motifs is 1. The van der Waals surface area contributed by atoms with Crippen LogP contribution in [0.3, 0.4) is 0 Å². The molecule has 178 valence electrons. The normalized spacial score (nSPS) is 11.8. The van der Waals surface area contributed by atoms with E-state index >= 15 is 0 Å². The summed E-state index contributed by atoms with van der Waals surface area (Å²) in [5.41, 5.74) is 3.52. The van der Waals surface area contributed by atoms with E-state index in [9.17, 15) is 0 Å². The first-order valence-electron chi connectivity index (χ1n) is 11.6. The lowest BCUT2D eigenvalue weighted by Crippen LogP contribution is -2.26. The van der Waals surface area contributed by atoms with Crippen molar-refractivity contribution in [3.63, 3.8) is 0 Å². The molecule has 3 aromatic heterocycles. The van der Waals surface area contributed by atoms with Gasteiger partial charge >= 0.3 is 0 Å². The molecule has 4 aromatic rings. The van der Waals surface area contributed by atoms with Crippen molar-refractivity contribution in [2.45, 2.75) is 45.5 Å². The van der Waals surface area contributed by atoms with Crippen LogP contribution < -0.4 is 10.2 Å². The Bertz CT molecular complexity index is 1230. The number of nitrogens with one attached hydrogen (secondary N) is 1. The summed E-state index contributed by atoms with van der Waals surface area (Å²) in [6.45, 7) is 12.4. The topological polar surface area (TPSA) is 76.1 Å². The Kier molecular flexibility index (Phi) is 7.55. The molecular formula is C25H32N6OSSi. The maximum absolute atomic E-state index is 6.12. The van der Waals surface area contributed by atoms with E-state index in [-0.39, 0.29) is 0 Å². The van der Waals surface area contributed by atoms with E-state index in [4.69, 9.17) is 9.72 Å². The van der Waals surface area contributed by atoms with Crippen molar-refractivity contribution in [2.75, 3.05) is 23.6 Å². The monoisotopic (exact) mass is 492 g/mol. The highest BCUT2D eigenvalue weighted by Gasteiger charge is 2.20. The Hall–Kier alpha value is -2.88. The lowest BCUT2D eigenvalue weighted by atomic mass is 10.2. The fourth-order valence-electron chi connectivity index (χ4n) is 3.27. The van der Waals surface area contributed by atoms with Crippen LogP contribution >= 0.6 is 11.3 Å². The third kappa shape index (κ3) is 6.16. The summed E-state index contributed by atoms with van der Waals surface area (Å²) in [6, 6.07) is 17.1. The molecule has 0 radical (unpaired) electrons. The number of pyridine rings is 2. The molecule has 34 heavy (non-hydrogen) atoms. The number of nitrogens with zero attached hydrogens (tertiary/aromatic N) is 5. The molecule has 0 unspecified atom stereocenters. The van der Waals surface area contributed by atoms with Gasteiger partial charge in [-0.15, -0.1) is 10.2 Å². The minimum Gasteiger partial charge on any atom is -0.361 e. The van der Waals surface area contributed by atoms with Gasteiger partial charge in [-0.3, -0.25) is 9.88 Å². The number of ether oxygens (including phenoxy) is 1. The standard InChI is InChI=1S/C25H32N6OSSi/c1-18(2)24-29-30-25(33-24)31(17-32-15-16-34(3,4)5)22-12-11-20-23(28-22)21(13-14-26-20)27-19-9-7-6-8-10-19/h6-14,18H,15-17H2,1-5H3,(H,26,27). The predicted molar refractivity (Wildman–Crippen MR) is 144 cm³/mol. The fourth-order valence-corrected chi connectivity index (χ4v) is 4.86. The smallest absolute Gasteiger partial charge is 0.215 e. The van der Waals surface area contributed by atoms with Gasteiger partial charge in [-0.2, -0.15) is 0 Å². The quantitative estimate of drug-likeness (QED) is 0.148. The van der Waals surface area contributed by atoms with Gasteiger partial charge in [0.2, 0.25) is 5.13 Å². The van der Waals surface area contributed by atoms with Gasteiger partial charge in [0.25, 0.3) is 0 Å². The average molecular weight is 493 g/mol. The van der Waals surface area contributed by atoms with E-state index in [0.717, 1.165) is 51.0 Å². The average Bonchev–Trinajstić information content (AvgIpc) is 3.29. The van der Waals surface area contributed by atoms with Crippen molar-refractivity contribution in [2.24, 2.45) is 0 Å². The largest absolute Gasteiger partial charge is 0.361 e. The Morgan fingerprint density at radius 1 is 1.03 bits per heavy atom. The highest BCUT2D eigenvalue weighted by Crippen LogP contribution is 2.32. The van der Waals surface area contributed by atoms with Crippen LogP contribution in [0.2, 0.25) is 25.7 Å². The molecule has 9 heteroatoms. The number of hydrogen-bond acceptors (Lipinski definition) is 8. The number of anilines is 4. The first kappa shape index (κ1) is 24.2. The molecule has 3 heterocycles. The second kappa shape index (κ2) is 10.6. The van der Waals surface area contributed by atoms with Crippen molar-refractivity contribution in [3.05, 3.63) is 59.7 Å². The third-order valence-electron chi connectivity index (χ3n) is 5.27. The maximum Gasteiger partial charge on any atom is 0.215 e. The Morgan fingerprint density at radius 2 is 1.82 bits per heavy atom. The molecule has 0 saturated heterocycles. The van der Waals surface area contributed by atoms with Gasteiger partial charge in [0.1, 0.15) is 23.1 Å². The molecule has 0 aliphatic heterocycles. The molecule has 0 saturated carbocycles. The molecule has 0 aliphatic rings. The van der Waals surface area contributed by atoms with Crippen molar-refractivity contribution in [1.29, 1.82) is 0 Å². The van der Waals surface area contributed by atoms with Crippen LogP contribution in [0.1, 0.15) is 24.8 Å². The molecule has 7 nitrogen and oxygen atoms in total. The van der Waals surface area contributed by atoms with Gasteiger partial charge in [0.05, 0.1) is 11.2 Å². The summed E-state index contributed by atoms with van der Waals surface area (Å²) in [5.74, 6) is 1.08. The van der Waals surface area contributed by atoms with Crippen molar-refractivity contribution >= 4 is 52.8 Å². The van der Waals surface area contributed by atoms with E-state index in [0.29, 0.717) is 12.6 Å². The molecule has 0 amide bonds. The number of rotatable bonds is 10. The van der Waals surface area contributed by atoms with Crippen LogP contribution in [-0.2, 0) is 4.74 Å². The van der Waals surface area contributed by atoms with E-state index in [2.05, 4.69) is 54.0 Å². The molecule has 0 aliphatic carbocycles. The van der Waals surface area contributed by atoms with Gasteiger partial charge in [0.15, 0.2) is 0 Å². The van der Waals surface area contributed by atoms with E-state index in [1.807, 2.05) is 53.4 Å². The van der Waals surface area contributed by atoms with Crippen molar-refractivity contribution in [1.82, 2.24) is 20.2 Å². The summed E-state index contributed by atoms with van der Waals surface area (Å²) in [4.78, 5) is 11.5. The number of para-hydroxylation sites is 1. The van der Waals surface area contributed by atoms with Crippen LogP contribution in [0.25, 0.3) is 11.0 Å². The minimum atomic E-state index is -1.18. The van der Waals surface area contributed by atoms with E-state index < -0.39 is 8.07 Å². The molecule has 0 atom stereocenters. The van der Waals surface area contributed by atoms with Gasteiger partial charge < -0.3 is 10.1 Å². The minimum absolute atomic E-state index is 0.316. The zero-order chi connectivity index (χ0) is 24.1. The molecule has 4 rings (SSSR count). The summed E-state index contributed by atoms with van der Waals surface area (Å²) in [6.07, 6.45) is 1.80. The van der Waals surface area contributed by atoms with E-state index in [1.165, 1.54) is 0 Å².